The number of hydrogen-bond acceptors (Lipinski definition) is 6. The van der Waals surface area contributed by atoms with E-state index in [-0.39, 0.29) is 11.7 Å². The van der Waals surface area contributed by atoms with Gasteiger partial charge in [0.25, 0.3) is 5.91 Å². The fraction of sp³-hybridized carbons (Fsp3) is 0.176. The predicted octanol–water partition coefficient (Wildman–Crippen LogP) is 2.54. The quantitative estimate of drug-likeness (QED) is 0.421. The Labute approximate surface area is 157 Å². The predicted molar refractivity (Wildman–Crippen MR) is 99.9 cm³/mol. The van der Waals surface area contributed by atoms with E-state index in [1.165, 1.54) is 13.3 Å². The monoisotopic (exact) mass is 454 g/mol. The molecule has 0 fully saturated rings. The van der Waals surface area contributed by atoms with Crippen molar-refractivity contribution >= 4 is 34.7 Å². The number of phenols is 1. The number of nitrogens with one attached hydrogen (secondary N) is 1. The summed E-state index contributed by atoms with van der Waals surface area (Å²) in [5.74, 6) is 1.21. The normalized spacial score (nSPS) is 12.9. The number of halogens is 1. The Bertz CT molecular complexity index is 838. The van der Waals surface area contributed by atoms with Crippen molar-refractivity contribution in [1.82, 2.24) is 5.43 Å². The van der Waals surface area contributed by atoms with Crippen LogP contribution in [0.15, 0.2) is 35.4 Å². The van der Waals surface area contributed by atoms with E-state index in [1.807, 2.05) is 22.6 Å². The Balaban J connectivity index is 1.70. The van der Waals surface area contributed by atoms with Gasteiger partial charge in [-0.25, -0.2) is 5.43 Å². The number of benzene rings is 2. The second-order valence-electron chi connectivity index (χ2n) is 5.11. The maximum absolute atomic E-state index is 12.2. The highest BCUT2D eigenvalue weighted by Crippen LogP contribution is 2.32. The molecule has 1 amide bonds. The van der Waals surface area contributed by atoms with Gasteiger partial charge in [-0.3, -0.25) is 4.79 Å². The zero-order valence-electron chi connectivity index (χ0n) is 13.3. The van der Waals surface area contributed by atoms with Gasteiger partial charge in [-0.15, -0.1) is 0 Å². The number of carbonyl (C=O) groups is 1. The first-order valence-electron chi connectivity index (χ1n) is 7.38. The van der Waals surface area contributed by atoms with E-state index < -0.39 is 0 Å². The largest absolute Gasteiger partial charge is 0.504 e. The summed E-state index contributed by atoms with van der Waals surface area (Å²) in [6.07, 6.45) is 1.47. The topological polar surface area (TPSA) is 89.4 Å². The fourth-order valence-electron chi connectivity index (χ4n) is 2.24. The van der Waals surface area contributed by atoms with Crippen molar-refractivity contribution < 1.29 is 24.1 Å². The summed E-state index contributed by atoms with van der Waals surface area (Å²) < 4.78 is 16.6. The third-order valence-electron chi connectivity index (χ3n) is 3.45. The van der Waals surface area contributed by atoms with Crippen molar-refractivity contribution in [2.75, 3.05) is 20.3 Å². The molecule has 0 bridgehead atoms. The number of carbonyl (C=O) groups excluding carboxylic acids is 1. The standard InChI is InChI=1S/C17H15IN2O5/c1-23-15-7-10(6-12(18)16(15)21)9-19-20-17(22)11-2-3-13-14(8-11)25-5-4-24-13/h2-3,6-9,21H,4-5H2,1H3,(H,20,22)/b19-9+. The van der Waals surface area contributed by atoms with Crippen LogP contribution in [0.2, 0.25) is 0 Å². The van der Waals surface area contributed by atoms with Crippen LogP contribution in [0.4, 0.5) is 0 Å². The fourth-order valence-corrected chi connectivity index (χ4v) is 2.86. The smallest absolute Gasteiger partial charge is 0.271 e. The van der Waals surface area contributed by atoms with Gasteiger partial charge in [0.2, 0.25) is 0 Å². The van der Waals surface area contributed by atoms with Crippen LogP contribution in [0.3, 0.4) is 0 Å². The van der Waals surface area contributed by atoms with Crippen LogP contribution in [0.1, 0.15) is 15.9 Å². The molecule has 8 heteroatoms. The second kappa shape index (κ2) is 7.60. The molecule has 0 unspecified atom stereocenters. The number of amides is 1. The SMILES string of the molecule is COc1cc(/C=N/NC(=O)c2ccc3c(c2)OCCO3)cc(I)c1O. The van der Waals surface area contributed by atoms with Crippen molar-refractivity contribution in [2.45, 2.75) is 0 Å². The summed E-state index contributed by atoms with van der Waals surface area (Å²) >= 11 is 1.99. The lowest BCUT2D eigenvalue weighted by Gasteiger charge is -2.18. The Morgan fingerprint density at radius 1 is 1.28 bits per heavy atom. The van der Waals surface area contributed by atoms with Crippen LogP contribution < -0.4 is 19.6 Å². The molecule has 2 aromatic carbocycles. The molecule has 2 N–H and O–H groups in total. The number of phenolic OH excluding ortho intramolecular Hbond substituents is 1. The van der Waals surface area contributed by atoms with Crippen molar-refractivity contribution in [3.63, 3.8) is 0 Å². The van der Waals surface area contributed by atoms with Gasteiger partial charge in [0.1, 0.15) is 13.2 Å². The van der Waals surface area contributed by atoms with Gasteiger partial charge in [0.05, 0.1) is 16.9 Å². The Morgan fingerprint density at radius 2 is 2.04 bits per heavy atom. The molecule has 0 saturated carbocycles. The molecule has 0 atom stereocenters. The van der Waals surface area contributed by atoms with Crippen molar-refractivity contribution in [3.05, 3.63) is 45.0 Å². The summed E-state index contributed by atoms with van der Waals surface area (Å²) in [4.78, 5) is 12.2. The van der Waals surface area contributed by atoms with E-state index in [4.69, 9.17) is 14.2 Å². The highest BCUT2D eigenvalue weighted by atomic mass is 127. The lowest BCUT2D eigenvalue weighted by atomic mass is 10.2. The minimum Gasteiger partial charge on any atom is -0.504 e. The van der Waals surface area contributed by atoms with E-state index >= 15 is 0 Å². The average Bonchev–Trinajstić information content (AvgIpc) is 2.63. The molecule has 0 aromatic heterocycles. The molecule has 130 valence electrons. The lowest BCUT2D eigenvalue weighted by Crippen LogP contribution is -2.19. The van der Waals surface area contributed by atoms with Gasteiger partial charge in [-0.2, -0.15) is 5.10 Å². The minimum atomic E-state index is -0.367. The van der Waals surface area contributed by atoms with Crippen molar-refractivity contribution in [3.8, 4) is 23.0 Å². The third kappa shape index (κ3) is 3.95. The summed E-state index contributed by atoms with van der Waals surface area (Å²) in [5.41, 5.74) is 3.55. The molecule has 3 rings (SSSR count). The molecular formula is C17H15IN2O5. The molecular weight excluding hydrogens is 439 g/mol. The number of fused-ring (bicyclic) bond motifs is 1. The Hall–Kier alpha value is -2.49. The third-order valence-corrected chi connectivity index (χ3v) is 4.28. The van der Waals surface area contributed by atoms with Gasteiger partial charge in [-0.1, -0.05) is 0 Å². The summed E-state index contributed by atoms with van der Waals surface area (Å²) in [7, 11) is 1.47. The van der Waals surface area contributed by atoms with Crippen LogP contribution in [-0.4, -0.2) is 37.6 Å². The minimum absolute atomic E-state index is 0.0700. The van der Waals surface area contributed by atoms with Crippen molar-refractivity contribution in [2.24, 2.45) is 5.10 Å². The molecule has 0 saturated heterocycles. The first-order chi connectivity index (χ1) is 12.1. The molecule has 1 heterocycles. The summed E-state index contributed by atoms with van der Waals surface area (Å²) in [5, 5.41) is 13.8. The summed E-state index contributed by atoms with van der Waals surface area (Å²) in [6.45, 7) is 0.954. The molecule has 0 spiro atoms. The molecule has 0 aliphatic carbocycles. The molecule has 0 radical (unpaired) electrons. The van der Waals surface area contributed by atoms with E-state index in [1.54, 1.807) is 30.3 Å². The number of nitrogens with zero attached hydrogens (tertiary/aromatic N) is 1. The summed E-state index contributed by atoms with van der Waals surface area (Å²) in [6, 6.07) is 8.30. The van der Waals surface area contributed by atoms with Crippen LogP contribution in [-0.2, 0) is 0 Å². The molecule has 1 aliphatic heterocycles. The van der Waals surface area contributed by atoms with E-state index in [2.05, 4.69) is 10.5 Å². The lowest BCUT2D eigenvalue weighted by molar-refractivity contribution is 0.0954. The van der Waals surface area contributed by atoms with Gasteiger partial charge in [0, 0.05) is 5.56 Å². The maximum Gasteiger partial charge on any atom is 0.271 e. The average molecular weight is 454 g/mol. The van der Waals surface area contributed by atoms with Crippen LogP contribution in [0.25, 0.3) is 0 Å². The molecule has 2 aromatic rings. The van der Waals surface area contributed by atoms with E-state index in [0.717, 1.165) is 0 Å². The maximum atomic E-state index is 12.2. The van der Waals surface area contributed by atoms with E-state index in [9.17, 15) is 9.90 Å². The van der Waals surface area contributed by atoms with Gasteiger partial charge >= 0.3 is 0 Å². The first-order valence-corrected chi connectivity index (χ1v) is 8.46. The molecule has 7 nitrogen and oxygen atoms in total. The Kier molecular flexibility index (Phi) is 5.27. The Morgan fingerprint density at radius 3 is 2.80 bits per heavy atom. The zero-order valence-corrected chi connectivity index (χ0v) is 15.4. The molecule has 25 heavy (non-hydrogen) atoms. The van der Waals surface area contributed by atoms with Gasteiger partial charge in [-0.05, 0) is 58.5 Å². The number of methoxy groups -OCH3 is 1. The zero-order chi connectivity index (χ0) is 17.8. The van der Waals surface area contributed by atoms with Crippen LogP contribution >= 0.6 is 22.6 Å². The van der Waals surface area contributed by atoms with Crippen LogP contribution in [0, 0.1) is 3.57 Å². The number of aromatic hydroxyl groups is 1. The second-order valence-corrected chi connectivity index (χ2v) is 6.27. The van der Waals surface area contributed by atoms with Crippen LogP contribution in [0.5, 0.6) is 23.0 Å². The number of hydrazone groups is 1. The highest BCUT2D eigenvalue weighted by molar-refractivity contribution is 14.1. The number of rotatable bonds is 4. The highest BCUT2D eigenvalue weighted by Gasteiger charge is 2.14. The first kappa shape index (κ1) is 17.3. The molecule has 1 aliphatic rings. The van der Waals surface area contributed by atoms with Crippen molar-refractivity contribution in [1.29, 1.82) is 0 Å². The number of hydrogen-bond donors (Lipinski definition) is 2. The van der Waals surface area contributed by atoms with Gasteiger partial charge in [0.15, 0.2) is 23.0 Å². The van der Waals surface area contributed by atoms with E-state index in [0.29, 0.717) is 45.2 Å². The van der Waals surface area contributed by atoms with Gasteiger partial charge < -0.3 is 19.3 Å². The number of ether oxygens (including phenoxy) is 3.